The van der Waals surface area contributed by atoms with Crippen LogP contribution in [0.25, 0.3) is 0 Å². The molecule has 6 heteroatoms. The molecular weight excluding hydrogens is 346 g/mol. The molecule has 1 heterocycles. The van der Waals surface area contributed by atoms with Gasteiger partial charge in [-0.25, -0.2) is 4.79 Å². The maximum absolute atomic E-state index is 12.7. The zero-order chi connectivity index (χ0) is 19.8. The molecule has 2 bridgehead atoms. The smallest absolute Gasteiger partial charge is 0.338 e. The molecule has 0 unspecified atom stereocenters. The van der Waals surface area contributed by atoms with E-state index in [1.165, 1.54) is 14.2 Å². The third-order valence-corrected chi connectivity index (χ3v) is 5.68. The number of hydrogen-bond donors (Lipinski definition) is 0. The van der Waals surface area contributed by atoms with E-state index in [4.69, 9.17) is 14.2 Å². The average Bonchev–Trinajstić information content (AvgIpc) is 2.87. The highest BCUT2D eigenvalue weighted by Gasteiger charge is 2.50. The molecule has 0 N–H and O–H groups in total. The summed E-state index contributed by atoms with van der Waals surface area (Å²) in [6.45, 7) is 7.29. The van der Waals surface area contributed by atoms with Gasteiger partial charge in [-0.3, -0.25) is 4.79 Å². The van der Waals surface area contributed by atoms with Crippen LogP contribution in [0, 0.1) is 10.8 Å². The van der Waals surface area contributed by atoms with Crippen LogP contribution in [-0.2, 0) is 9.53 Å². The number of benzene rings is 1. The van der Waals surface area contributed by atoms with Gasteiger partial charge >= 0.3 is 5.97 Å². The van der Waals surface area contributed by atoms with E-state index in [-0.39, 0.29) is 29.4 Å². The summed E-state index contributed by atoms with van der Waals surface area (Å²) in [7, 11) is 3.03. The first-order valence-electron chi connectivity index (χ1n) is 9.35. The number of ether oxygens (including phenoxy) is 3. The highest BCUT2D eigenvalue weighted by Crippen LogP contribution is 2.52. The monoisotopic (exact) mass is 375 g/mol. The molecule has 0 aromatic heterocycles. The summed E-state index contributed by atoms with van der Waals surface area (Å²) in [5.41, 5.74) is 0.729. The lowest BCUT2D eigenvalue weighted by Gasteiger charge is -2.39. The van der Waals surface area contributed by atoms with Gasteiger partial charge in [0, 0.05) is 12.6 Å². The van der Waals surface area contributed by atoms with Crippen LogP contribution in [0.5, 0.6) is 11.5 Å². The molecule has 2 atom stereocenters. The van der Waals surface area contributed by atoms with Crippen molar-refractivity contribution in [2.45, 2.75) is 46.1 Å². The largest absolute Gasteiger partial charge is 0.493 e. The van der Waals surface area contributed by atoms with Crippen molar-refractivity contribution < 1.29 is 23.8 Å². The van der Waals surface area contributed by atoms with Crippen LogP contribution in [0.1, 0.15) is 50.4 Å². The van der Waals surface area contributed by atoms with E-state index >= 15 is 0 Å². The third kappa shape index (κ3) is 4.04. The second kappa shape index (κ2) is 7.06. The standard InChI is InChI=1S/C21H29NO5/c1-20(2)9-15-10-21(3,12-20)13-22(15)18(23)11-27-19(24)14-6-7-16(25-4)17(8-14)26-5/h6-8,15H,9-13H2,1-5H3/t15-,21+/m1/s1. The highest BCUT2D eigenvalue weighted by molar-refractivity contribution is 5.92. The van der Waals surface area contributed by atoms with Crippen LogP contribution in [-0.4, -0.2) is 50.2 Å². The van der Waals surface area contributed by atoms with E-state index in [2.05, 4.69) is 20.8 Å². The summed E-state index contributed by atoms with van der Waals surface area (Å²) >= 11 is 0. The van der Waals surface area contributed by atoms with Crippen LogP contribution in [0.4, 0.5) is 0 Å². The van der Waals surface area contributed by atoms with E-state index < -0.39 is 5.97 Å². The van der Waals surface area contributed by atoms with Crippen LogP contribution in [0.15, 0.2) is 18.2 Å². The van der Waals surface area contributed by atoms with Crippen molar-refractivity contribution in [1.82, 2.24) is 4.90 Å². The minimum atomic E-state index is -0.544. The summed E-state index contributed by atoms with van der Waals surface area (Å²) in [6, 6.07) is 5.04. The van der Waals surface area contributed by atoms with Gasteiger partial charge < -0.3 is 19.1 Å². The summed E-state index contributed by atoms with van der Waals surface area (Å²) in [4.78, 5) is 27.0. The minimum absolute atomic E-state index is 0.116. The molecule has 148 valence electrons. The van der Waals surface area contributed by atoms with Crippen molar-refractivity contribution in [3.63, 3.8) is 0 Å². The summed E-state index contributed by atoms with van der Waals surface area (Å²) < 4.78 is 15.7. The van der Waals surface area contributed by atoms with Crippen molar-refractivity contribution in [2.75, 3.05) is 27.4 Å². The summed E-state index contributed by atoms with van der Waals surface area (Å²) in [6.07, 6.45) is 3.15. The molecule has 3 rings (SSSR count). The Kier molecular flexibility index (Phi) is 5.10. The van der Waals surface area contributed by atoms with E-state index in [0.29, 0.717) is 17.1 Å². The number of hydrogen-bond acceptors (Lipinski definition) is 5. The number of carbonyl (C=O) groups is 2. The second-order valence-electron chi connectivity index (χ2n) is 8.88. The first-order valence-corrected chi connectivity index (χ1v) is 9.35. The van der Waals surface area contributed by atoms with E-state index in [0.717, 1.165) is 25.8 Å². The molecule has 1 aromatic rings. The lowest BCUT2D eigenvalue weighted by Crippen LogP contribution is -2.39. The lowest BCUT2D eigenvalue weighted by atomic mass is 9.65. The van der Waals surface area contributed by atoms with Gasteiger partial charge in [-0.05, 0) is 48.3 Å². The fraction of sp³-hybridized carbons (Fsp3) is 0.619. The van der Waals surface area contributed by atoms with E-state index in [1.54, 1.807) is 18.2 Å². The van der Waals surface area contributed by atoms with E-state index in [9.17, 15) is 9.59 Å². The highest BCUT2D eigenvalue weighted by atomic mass is 16.5. The van der Waals surface area contributed by atoms with E-state index in [1.807, 2.05) is 4.90 Å². The zero-order valence-corrected chi connectivity index (χ0v) is 16.8. The Hall–Kier alpha value is -2.24. The molecular formula is C21H29NO5. The molecule has 1 saturated heterocycles. The molecule has 0 spiro atoms. The maximum Gasteiger partial charge on any atom is 0.338 e. The van der Waals surface area contributed by atoms with Gasteiger partial charge in [0.1, 0.15) is 0 Å². The Morgan fingerprint density at radius 3 is 2.48 bits per heavy atom. The van der Waals surface area contributed by atoms with Crippen LogP contribution in [0.3, 0.4) is 0 Å². The Morgan fingerprint density at radius 1 is 1.11 bits per heavy atom. The lowest BCUT2D eigenvalue weighted by molar-refractivity contribution is -0.135. The first kappa shape index (κ1) is 19.5. The topological polar surface area (TPSA) is 65.1 Å². The third-order valence-electron chi connectivity index (χ3n) is 5.68. The average molecular weight is 375 g/mol. The van der Waals surface area contributed by atoms with Crippen molar-refractivity contribution in [2.24, 2.45) is 10.8 Å². The van der Waals surface area contributed by atoms with Crippen molar-refractivity contribution in [3.05, 3.63) is 23.8 Å². The number of likely N-dealkylation sites (tertiary alicyclic amines) is 1. The van der Waals surface area contributed by atoms with Gasteiger partial charge in [-0.15, -0.1) is 0 Å². The van der Waals surface area contributed by atoms with Gasteiger partial charge in [0.2, 0.25) is 0 Å². The molecule has 0 radical (unpaired) electrons. The van der Waals surface area contributed by atoms with Gasteiger partial charge in [0.25, 0.3) is 5.91 Å². The Bertz CT molecular complexity index is 744. The predicted molar refractivity (Wildman–Crippen MR) is 101 cm³/mol. The second-order valence-corrected chi connectivity index (χ2v) is 8.88. The van der Waals surface area contributed by atoms with Gasteiger partial charge in [0.05, 0.1) is 19.8 Å². The van der Waals surface area contributed by atoms with Gasteiger partial charge in [0.15, 0.2) is 18.1 Å². The Morgan fingerprint density at radius 2 is 1.81 bits per heavy atom. The molecule has 27 heavy (non-hydrogen) atoms. The molecule has 1 amide bonds. The summed E-state index contributed by atoms with van der Waals surface area (Å²) in [5, 5.41) is 0. The SMILES string of the molecule is COc1ccc(C(=O)OCC(=O)N2C[C@@]3(C)C[C@H]2CC(C)(C)C3)cc1OC. The fourth-order valence-electron chi connectivity index (χ4n) is 5.01. The minimum Gasteiger partial charge on any atom is -0.493 e. The molecule has 1 aliphatic carbocycles. The molecule has 1 aromatic carbocycles. The first-order chi connectivity index (χ1) is 12.7. The number of methoxy groups -OCH3 is 2. The van der Waals surface area contributed by atoms with Crippen molar-refractivity contribution in [3.8, 4) is 11.5 Å². The maximum atomic E-state index is 12.7. The molecule has 1 saturated carbocycles. The molecule has 2 aliphatic rings. The molecule has 2 fully saturated rings. The molecule has 6 nitrogen and oxygen atoms in total. The quantitative estimate of drug-likeness (QED) is 0.739. The molecule has 1 aliphatic heterocycles. The van der Waals surface area contributed by atoms with Crippen LogP contribution < -0.4 is 9.47 Å². The Balaban J connectivity index is 1.62. The van der Waals surface area contributed by atoms with Crippen molar-refractivity contribution in [1.29, 1.82) is 0 Å². The summed E-state index contributed by atoms with van der Waals surface area (Å²) in [5.74, 6) is 0.320. The van der Waals surface area contributed by atoms with Crippen molar-refractivity contribution >= 4 is 11.9 Å². The predicted octanol–water partition coefficient (Wildman–Crippen LogP) is 3.29. The van der Waals surface area contributed by atoms with Crippen LogP contribution >= 0.6 is 0 Å². The van der Waals surface area contributed by atoms with Gasteiger partial charge in [-0.2, -0.15) is 0 Å². The number of fused-ring (bicyclic) bond motifs is 2. The zero-order valence-electron chi connectivity index (χ0n) is 16.8. The normalized spacial score (nSPS) is 25.8. The number of esters is 1. The Labute approximate surface area is 160 Å². The van der Waals surface area contributed by atoms with Crippen LogP contribution in [0.2, 0.25) is 0 Å². The van der Waals surface area contributed by atoms with Gasteiger partial charge in [-0.1, -0.05) is 20.8 Å². The number of nitrogens with zero attached hydrogens (tertiary/aromatic N) is 1. The number of carbonyl (C=O) groups excluding carboxylic acids is 2. The number of amides is 1. The number of rotatable bonds is 5. The fourth-order valence-corrected chi connectivity index (χ4v) is 5.01.